The lowest BCUT2D eigenvalue weighted by molar-refractivity contribution is -0.399. The third kappa shape index (κ3) is 3.24. The molecule has 0 aliphatic heterocycles. The minimum Gasteiger partial charge on any atom is -0.233 e. The Labute approximate surface area is 188 Å². The van der Waals surface area contributed by atoms with Crippen LogP contribution in [0.1, 0.15) is 28.2 Å². The molecule has 1 aliphatic rings. The van der Waals surface area contributed by atoms with Crippen molar-refractivity contribution in [1.29, 1.82) is 15.8 Å². The van der Waals surface area contributed by atoms with Gasteiger partial charge in [0.1, 0.15) is 12.1 Å². The number of fused-ring (bicyclic) bond motifs is 3. The van der Waals surface area contributed by atoms with E-state index in [2.05, 4.69) is 14.8 Å². The zero-order valence-corrected chi connectivity index (χ0v) is 16.3. The predicted molar refractivity (Wildman–Crippen MR) is 95.0 cm³/mol. The zero-order valence-electron chi connectivity index (χ0n) is 16.3. The van der Waals surface area contributed by atoms with E-state index >= 15 is 0 Å². The van der Waals surface area contributed by atoms with Crippen LogP contribution in [-0.2, 0) is 5.92 Å². The lowest BCUT2D eigenvalue weighted by atomic mass is 9.89. The van der Waals surface area contributed by atoms with Crippen LogP contribution >= 0.6 is 0 Å². The van der Waals surface area contributed by atoms with E-state index in [0.717, 1.165) is 6.07 Å². The van der Waals surface area contributed by atoms with Crippen LogP contribution < -0.4 is 0 Å². The van der Waals surface area contributed by atoms with Crippen molar-refractivity contribution >= 4 is 5.57 Å². The van der Waals surface area contributed by atoms with Crippen molar-refractivity contribution < 1.29 is 39.5 Å². The molecule has 2 aromatic rings. The number of allylic oxidation sites excluding steroid dienone is 1. The molecule has 1 aromatic carbocycles. The monoisotopic (exact) mass is 498 g/mol. The highest BCUT2D eigenvalue weighted by molar-refractivity contribution is 6.02. The first kappa shape index (κ1) is 25.0. The molecule has 0 N–H and O–H groups in total. The van der Waals surface area contributed by atoms with Crippen molar-refractivity contribution in [2.24, 2.45) is 0 Å². The molecule has 0 unspecified atom stereocenters. The summed E-state index contributed by atoms with van der Waals surface area (Å²) in [4.78, 5) is 10.1. The van der Waals surface area contributed by atoms with E-state index in [9.17, 15) is 44.8 Å². The maximum absolute atomic E-state index is 14.9. The first-order valence-electron chi connectivity index (χ1n) is 8.71. The Balaban J connectivity index is 2.48. The van der Waals surface area contributed by atoms with Crippen molar-refractivity contribution in [2.75, 3.05) is 0 Å². The average Bonchev–Trinajstić information content (AvgIpc) is 3.11. The lowest BCUT2D eigenvalue weighted by Gasteiger charge is -2.34. The molecule has 3 rings (SSSR count). The lowest BCUT2D eigenvalue weighted by Crippen LogP contribution is -2.59. The molecule has 176 valence electrons. The largest absolute Gasteiger partial charge is 0.460 e. The Morgan fingerprint density at radius 2 is 1.37 bits per heavy atom. The number of benzene rings is 1. The minimum atomic E-state index is -7.20. The van der Waals surface area contributed by atoms with E-state index in [-0.39, 0.29) is 6.07 Å². The smallest absolute Gasteiger partial charge is 0.233 e. The van der Waals surface area contributed by atoms with Gasteiger partial charge in [-0.1, -0.05) is 18.2 Å². The molecule has 0 amide bonds. The number of nitrogens with zero attached hydrogens (tertiary/aromatic N) is 6. The Hall–Kier alpha value is -4.63. The fraction of sp³-hybridized carbons (Fsp3) is 0.200. The number of aromatic nitrogens is 2. The molecule has 0 saturated carbocycles. The highest BCUT2D eigenvalue weighted by Crippen LogP contribution is 2.59. The summed E-state index contributed by atoms with van der Waals surface area (Å²) in [6.07, 6.45) is -7.07. The van der Waals surface area contributed by atoms with Gasteiger partial charge in [0.2, 0.25) is 0 Å². The topological polar surface area (TPSA) is 102 Å². The van der Waals surface area contributed by atoms with Crippen LogP contribution in [0.4, 0.5) is 39.5 Å². The van der Waals surface area contributed by atoms with E-state index in [1.165, 1.54) is 18.2 Å². The normalized spacial score (nSPS) is 14.7. The Morgan fingerprint density at radius 3 is 1.83 bits per heavy atom. The number of hydrogen-bond acceptors (Lipinski definition) is 5. The fourth-order valence-corrected chi connectivity index (χ4v) is 3.26. The number of rotatable bonds is 3. The Kier molecular flexibility index (Phi) is 5.51. The number of halogens is 9. The second kappa shape index (κ2) is 7.71. The van der Waals surface area contributed by atoms with Crippen LogP contribution in [0.3, 0.4) is 0 Å². The predicted octanol–water partition coefficient (Wildman–Crippen LogP) is 5.33. The maximum Gasteiger partial charge on any atom is 0.460 e. The third-order valence-corrected chi connectivity index (χ3v) is 4.85. The summed E-state index contributed by atoms with van der Waals surface area (Å²) in [6, 6.07) is 5.76. The van der Waals surface area contributed by atoms with Gasteiger partial charge in [0.05, 0.1) is 24.0 Å². The van der Waals surface area contributed by atoms with Gasteiger partial charge in [-0.15, -0.1) is 0 Å². The zero-order chi connectivity index (χ0) is 26.6. The summed E-state index contributed by atoms with van der Waals surface area (Å²) in [5.74, 6) is -20.4. The van der Waals surface area contributed by atoms with Gasteiger partial charge < -0.3 is 0 Å². The summed E-state index contributed by atoms with van der Waals surface area (Å²) in [7, 11) is 0. The molecule has 1 heterocycles. The summed E-state index contributed by atoms with van der Waals surface area (Å²) in [5.41, 5.74) is -8.61. The Bertz CT molecular complexity index is 1440. The van der Waals surface area contributed by atoms with Crippen molar-refractivity contribution in [2.45, 2.75) is 23.9 Å². The molecule has 15 heteroatoms. The molecule has 0 bridgehead atoms. The first-order valence-corrected chi connectivity index (χ1v) is 8.71. The molecule has 0 saturated heterocycles. The highest BCUT2D eigenvalue weighted by Gasteiger charge is 2.82. The number of alkyl halides is 9. The van der Waals surface area contributed by atoms with Gasteiger partial charge in [-0.25, -0.2) is 20.1 Å². The van der Waals surface area contributed by atoms with Crippen molar-refractivity contribution in [3.8, 4) is 29.5 Å². The van der Waals surface area contributed by atoms with Crippen molar-refractivity contribution in [3.63, 3.8) is 0 Å². The molecule has 0 atom stereocenters. The molecule has 1 aromatic heterocycles. The fourth-order valence-electron chi connectivity index (χ4n) is 3.26. The van der Waals surface area contributed by atoms with Crippen LogP contribution in [-0.4, -0.2) is 28.0 Å². The third-order valence-electron chi connectivity index (χ3n) is 4.85. The van der Waals surface area contributed by atoms with Gasteiger partial charge in [0, 0.05) is 16.7 Å². The van der Waals surface area contributed by atoms with Gasteiger partial charge >= 0.3 is 23.9 Å². The van der Waals surface area contributed by atoms with Crippen LogP contribution in [0.2, 0.25) is 0 Å². The molecule has 0 radical (unpaired) electrons. The average molecular weight is 498 g/mol. The molecular weight excluding hydrogens is 495 g/mol. The summed E-state index contributed by atoms with van der Waals surface area (Å²) < 4.78 is 123. The van der Waals surface area contributed by atoms with E-state index in [0.29, 0.717) is 6.07 Å². The quantitative estimate of drug-likeness (QED) is 0.276. The van der Waals surface area contributed by atoms with Crippen LogP contribution in [0.15, 0.2) is 23.9 Å². The number of hydrogen-bond donors (Lipinski definition) is 0. The van der Waals surface area contributed by atoms with E-state index in [1.54, 1.807) is 0 Å². The van der Waals surface area contributed by atoms with Crippen molar-refractivity contribution in [3.05, 3.63) is 63.5 Å². The van der Waals surface area contributed by atoms with Gasteiger partial charge in [-0.2, -0.15) is 50.0 Å². The van der Waals surface area contributed by atoms with Crippen LogP contribution in [0, 0.1) is 40.6 Å². The van der Waals surface area contributed by atoms with Gasteiger partial charge in [0.15, 0.2) is 11.4 Å². The SMILES string of the molecule is [C-]#[N+]/C(C#N)=C1/c2nc(C#N)c(C#N)nc2-c2cccc(C(F)(F)C(F)(F)C(F)(F)C(F)(F)F)c21. The summed E-state index contributed by atoms with van der Waals surface area (Å²) >= 11 is 0. The summed E-state index contributed by atoms with van der Waals surface area (Å²) in [6.45, 7) is 7.09. The standard InChI is InChI=1S/C20H3F9N6/c1-33-12(7-32)14-13-8(15-16(14)35-11(6-31)10(5-30)34-15)3-2-4-9(13)17(21,22)18(23,24)19(25,26)20(27,28)29/h2-4H/b14-12+. The molecule has 6 nitrogen and oxygen atoms in total. The highest BCUT2D eigenvalue weighted by atomic mass is 19.4. The number of nitriles is 3. The van der Waals surface area contributed by atoms with Crippen LogP contribution in [0.25, 0.3) is 21.7 Å². The van der Waals surface area contributed by atoms with Gasteiger partial charge in [-0.05, 0) is 5.56 Å². The summed E-state index contributed by atoms with van der Waals surface area (Å²) in [5, 5.41) is 27.5. The van der Waals surface area contributed by atoms with E-state index in [4.69, 9.17) is 17.1 Å². The second-order valence-corrected chi connectivity index (χ2v) is 6.74. The van der Waals surface area contributed by atoms with Gasteiger partial charge in [-0.3, -0.25) is 0 Å². The molecule has 1 aliphatic carbocycles. The van der Waals surface area contributed by atoms with Crippen LogP contribution in [0.5, 0.6) is 0 Å². The Morgan fingerprint density at radius 1 is 0.829 bits per heavy atom. The molecule has 0 fully saturated rings. The van der Waals surface area contributed by atoms with E-state index < -0.39 is 74.7 Å². The molecule has 0 spiro atoms. The van der Waals surface area contributed by atoms with Gasteiger partial charge in [0.25, 0.3) is 5.70 Å². The first-order chi connectivity index (χ1) is 16.1. The van der Waals surface area contributed by atoms with Crippen molar-refractivity contribution in [1.82, 2.24) is 9.97 Å². The second-order valence-electron chi connectivity index (χ2n) is 6.74. The molecule has 35 heavy (non-hydrogen) atoms. The molecular formula is C20H3F9N6. The maximum atomic E-state index is 14.9. The van der Waals surface area contributed by atoms with E-state index in [1.807, 2.05) is 0 Å². The minimum absolute atomic E-state index is 0.112.